The minimum atomic E-state index is -1.23. The molecule has 0 aliphatic carbocycles. The van der Waals surface area contributed by atoms with Crippen LogP contribution in [0.2, 0.25) is 0 Å². The van der Waals surface area contributed by atoms with E-state index in [9.17, 15) is 9.18 Å². The maximum Gasteiger partial charge on any atom is 0.257 e. The van der Waals surface area contributed by atoms with Crippen molar-refractivity contribution in [1.29, 1.82) is 0 Å². The summed E-state index contributed by atoms with van der Waals surface area (Å²) in [6.07, 6.45) is 1.11. The van der Waals surface area contributed by atoms with Crippen molar-refractivity contribution in [2.75, 3.05) is 19.6 Å². The number of carbonyl (C=O) groups is 1. The molecule has 1 unspecified atom stereocenters. The van der Waals surface area contributed by atoms with Crippen molar-refractivity contribution in [3.8, 4) is 0 Å². The lowest BCUT2D eigenvalue weighted by Gasteiger charge is -2.31. The van der Waals surface area contributed by atoms with E-state index in [1.54, 1.807) is 4.90 Å². The maximum atomic E-state index is 12.9. The van der Waals surface area contributed by atoms with E-state index in [1.807, 2.05) is 0 Å². The van der Waals surface area contributed by atoms with Crippen LogP contribution in [-0.2, 0) is 4.79 Å². The van der Waals surface area contributed by atoms with E-state index in [0.717, 1.165) is 25.9 Å². The average Bonchev–Trinajstić information content (AvgIpc) is 2.49. The van der Waals surface area contributed by atoms with Gasteiger partial charge in [-0.1, -0.05) is 0 Å². The summed E-state index contributed by atoms with van der Waals surface area (Å²) < 4.78 is 12.9. The van der Waals surface area contributed by atoms with E-state index < -0.39 is 6.17 Å². The highest BCUT2D eigenvalue weighted by Crippen LogP contribution is 2.21. The smallest absolute Gasteiger partial charge is 0.257 e. The number of hydrogen-bond donors (Lipinski definition) is 1. The van der Waals surface area contributed by atoms with Crippen LogP contribution in [0.15, 0.2) is 0 Å². The Kier molecular flexibility index (Phi) is 2.49. The molecule has 0 aromatic heterocycles. The van der Waals surface area contributed by atoms with Gasteiger partial charge in [-0.15, -0.1) is 0 Å². The molecule has 13 heavy (non-hydrogen) atoms. The van der Waals surface area contributed by atoms with Crippen LogP contribution in [-0.4, -0.2) is 42.7 Å². The number of amides is 1. The number of alkyl halides is 1. The SMILES string of the molecule is O=C1C(F)CCN1C1CCNCC1. The number of hydrogen-bond acceptors (Lipinski definition) is 2. The average molecular weight is 186 g/mol. The first-order valence-corrected chi connectivity index (χ1v) is 4.94. The second-order valence-corrected chi connectivity index (χ2v) is 3.77. The fraction of sp³-hybridized carbons (Fsp3) is 0.889. The second kappa shape index (κ2) is 3.62. The highest BCUT2D eigenvalue weighted by Gasteiger charge is 2.35. The molecule has 2 fully saturated rings. The number of nitrogens with zero attached hydrogens (tertiary/aromatic N) is 1. The Morgan fingerprint density at radius 3 is 2.54 bits per heavy atom. The minimum absolute atomic E-state index is 0.285. The van der Waals surface area contributed by atoms with E-state index >= 15 is 0 Å². The first-order valence-electron chi connectivity index (χ1n) is 4.94. The zero-order valence-electron chi connectivity index (χ0n) is 7.63. The Morgan fingerprint density at radius 2 is 2.00 bits per heavy atom. The van der Waals surface area contributed by atoms with Crippen LogP contribution in [0, 0.1) is 0 Å². The lowest BCUT2D eigenvalue weighted by atomic mass is 10.1. The van der Waals surface area contributed by atoms with Gasteiger partial charge in [0.1, 0.15) is 0 Å². The third kappa shape index (κ3) is 1.68. The predicted octanol–water partition coefficient (Wildman–Crippen LogP) is 0.309. The fourth-order valence-electron chi connectivity index (χ4n) is 2.15. The summed E-state index contributed by atoms with van der Waals surface area (Å²) in [7, 11) is 0. The highest BCUT2D eigenvalue weighted by atomic mass is 19.1. The topological polar surface area (TPSA) is 32.3 Å². The van der Waals surface area contributed by atoms with Gasteiger partial charge in [0.25, 0.3) is 5.91 Å². The normalized spacial score (nSPS) is 31.3. The van der Waals surface area contributed by atoms with Crippen LogP contribution >= 0.6 is 0 Å². The zero-order chi connectivity index (χ0) is 9.26. The Morgan fingerprint density at radius 1 is 1.31 bits per heavy atom. The summed E-state index contributed by atoms with van der Waals surface area (Å²) in [6.45, 7) is 2.52. The molecule has 2 saturated heterocycles. The van der Waals surface area contributed by atoms with Crippen molar-refractivity contribution < 1.29 is 9.18 Å². The van der Waals surface area contributed by atoms with E-state index in [0.29, 0.717) is 13.0 Å². The monoisotopic (exact) mass is 186 g/mol. The lowest BCUT2D eigenvalue weighted by molar-refractivity contribution is -0.134. The lowest BCUT2D eigenvalue weighted by Crippen LogP contribution is -2.44. The van der Waals surface area contributed by atoms with Gasteiger partial charge in [-0.05, 0) is 25.9 Å². The van der Waals surface area contributed by atoms with Crippen LogP contribution in [0.5, 0.6) is 0 Å². The van der Waals surface area contributed by atoms with Gasteiger partial charge in [-0.3, -0.25) is 4.79 Å². The molecule has 1 N–H and O–H groups in total. The molecule has 2 heterocycles. The summed E-state index contributed by atoms with van der Waals surface area (Å²) in [5, 5.41) is 3.23. The molecule has 2 rings (SSSR count). The summed E-state index contributed by atoms with van der Waals surface area (Å²) >= 11 is 0. The van der Waals surface area contributed by atoms with Crippen LogP contribution in [0.3, 0.4) is 0 Å². The van der Waals surface area contributed by atoms with Crippen LogP contribution < -0.4 is 5.32 Å². The second-order valence-electron chi connectivity index (χ2n) is 3.77. The van der Waals surface area contributed by atoms with E-state index in [4.69, 9.17) is 0 Å². The van der Waals surface area contributed by atoms with Gasteiger partial charge in [0.2, 0.25) is 0 Å². The number of nitrogens with one attached hydrogen (secondary N) is 1. The zero-order valence-corrected chi connectivity index (χ0v) is 7.63. The third-order valence-corrected chi connectivity index (χ3v) is 2.92. The Hall–Kier alpha value is -0.640. The van der Waals surface area contributed by atoms with Gasteiger partial charge in [0.05, 0.1) is 0 Å². The molecule has 2 aliphatic rings. The van der Waals surface area contributed by atoms with Crippen molar-refractivity contribution in [2.24, 2.45) is 0 Å². The quantitative estimate of drug-likeness (QED) is 0.639. The number of likely N-dealkylation sites (tertiary alicyclic amines) is 1. The molecule has 0 saturated carbocycles. The van der Waals surface area contributed by atoms with E-state index in [-0.39, 0.29) is 11.9 Å². The standard InChI is InChI=1S/C9H15FN2O/c10-8-3-6-12(9(8)13)7-1-4-11-5-2-7/h7-8,11H,1-6H2. The van der Waals surface area contributed by atoms with Gasteiger partial charge in [0.15, 0.2) is 6.17 Å². The Balaban J connectivity index is 1.96. The Labute approximate surface area is 77.3 Å². The summed E-state index contributed by atoms with van der Waals surface area (Å²) in [5.74, 6) is -0.285. The molecule has 3 nitrogen and oxygen atoms in total. The molecule has 4 heteroatoms. The molecular weight excluding hydrogens is 171 g/mol. The maximum absolute atomic E-state index is 12.9. The van der Waals surface area contributed by atoms with Gasteiger partial charge in [-0.25, -0.2) is 4.39 Å². The summed E-state index contributed by atoms with van der Waals surface area (Å²) in [4.78, 5) is 13.1. The van der Waals surface area contributed by atoms with Crippen LogP contribution in [0.4, 0.5) is 4.39 Å². The van der Waals surface area contributed by atoms with Gasteiger partial charge in [0, 0.05) is 19.0 Å². The highest BCUT2D eigenvalue weighted by molar-refractivity contribution is 5.83. The summed E-state index contributed by atoms with van der Waals surface area (Å²) in [5.41, 5.74) is 0. The van der Waals surface area contributed by atoms with Gasteiger partial charge >= 0.3 is 0 Å². The molecule has 2 aliphatic heterocycles. The van der Waals surface area contributed by atoms with E-state index in [1.165, 1.54) is 0 Å². The Bertz CT molecular complexity index is 204. The molecule has 1 amide bonds. The van der Waals surface area contributed by atoms with Crippen molar-refractivity contribution in [3.05, 3.63) is 0 Å². The predicted molar refractivity (Wildman–Crippen MR) is 47.1 cm³/mol. The van der Waals surface area contributed by atoms with Crippen molar-refractivity contribution in [3.63, 3.8) is 0 Å². The van der Waals surface area contributed by atoms with Gasteiger partial charge < -0.3 is 10.2 Å². The van der Waals surface area contributed by atoms with Crippen LogP contribution in [0.25, 0.3) is 0 Å². The minimum Gasteiger partial charge on any atom is -0.337 e. The first-order chi connectivity index (χ1) is 6.29. The van der Waals surface area contributed by atoms with Crippen molar-refractivity contribution in [2.45, 2.75) is 31.5 Å². The first kappa shape index (κ1) is 8.94. The van der Waals surface area contributed by atoms with Crippen LogP contribution in [0.1, 0.15) is 19.3 Å². The number of piperidine rings is 1. The summed E-state index contributed by atoms with van der Waals surface area (Å²) in [6, 6.07) is 0.287. The molecule has 0 aromatic carbocycles. The van der Waals surface area contributed by atoms with Crippen molar-refractivity contribution in [1.82, 2.24) is 10.2 Å². The van der Waals surface area contributed by atoms with E-state index in [2.05, 4.69) is 5.32 Å². The number of halogens is 1. The molecule has 0 radical (unpaired) electrons. The largest absolute Gasteiger partial charge is 0.337 e. The molecule has 74 valence electrons. The number of rotatable bonds is 1. The molecule has 0 aromatic rings. The molecule has 0 bridgehead atoms. The van der Waals surface area contributed by atoms with Crippen molar-refractivity contribution >= 4 is 5.91 Å². The third-order valence-electron chi connectivity index (χ3n) is 2.92. The van der Waals surface area contributed by atoms with Gasteiger partial charge in [-0.2, -0.15) is 0 Å². The molecule has 0 spiro atoms. The molecule has 1 atom stereocenters. The fourth-order valence-corrected chi connectivity index (χ4v) is 2.15. The number of carbonyl (C=O) groups excluding carboxylic acids is 1. The molecular formula is C9H15FN2O.